The lowest BCUT2D eigenvalue weighted by molar-refractivity contribution is -0.148. The van der Waals surface area contributed by atoms with E-state index in [1.807, 2.05) is 0 Å². The summed E-state index contributed by atoms with van der Waals surface area (Å²) in [5.41, 5.74) is 0.956. The highest BCUT2D eigenvalue weighted by atomic mass is 35.5. The van der Waals surface area contributed by atoms with E-state index >= 15 is 0 Å². The maximum absolute atomic E-state index is 12.4. The van der Waals surface area contributed by atoms with Crippen molar-refractivity contribution < 1.29 is 27.5 Å². The molecule has 2 aromatic carbocycles. The Bertz CT molecular complexity index is 1130. The molecular formula is C21H24ClN3O6S. The predicted octanol–water partition coefficient (Wildman–Crippen LogP) is 2.20. The molecule has 0 heterocycles. The predicted molar refractivity (Wildman–Crippen MR) is 120 cm³/mol. The maximum Gasteiger partial charge on any atom is 0.328 e. The van der Waals surface area contributed by atoms with Crippen molar-refractivity contribution in [1.82, 2.24) is 9.62 Å². The quantitative estimate of drug-likeness (QED) is 0.557. The summed E-state index contributed by atoms with van der Waals surface area (Å²) in [6, 6.07) is 9.76. The Labute approximate surface area is 191 Å². The first-order valence-electron chi connectivity index (χ1n) is 9.48. The Kier molecular flexibility index (Phi) is 8.37. The van der Waals surface area contributed by atoms with Gasteiger partial charge in [-0.25, -0.2) is 17.5 Å². The zero-order valence-corrected chi connectivity index (χ0v) is 19.6. The molecule has 0 aromatic heterocycles. The number of carbonyl (C=O) groups is 3. The van der Waals surface area contributed by atoms with Crippen LogP contribution in [-0.2, 0) is 24.3 Å². The lowest BCUT2D eigenvalue weighted by atomic mass is 10.2. The van der Waals surface area contributed by atoms with Crippen LogP contribution in [0.3, 0.4) is 0 Å². The highest BCUT2D eigenvalue weighted by molar-refractivity contribution is 7.89. The summed E-state index contributed by atoms with van der Waals surface area (Å²) in [5.74, 6) is -2.04. The van der Waals surface area contributed by atoms with E-state index in [1.165, 1.54) is 39.2 Å². The molecule has 0 saturated heterocycles. The molecule has 0 aliphatic rings. The molecule has 0 unspecified atom stereocenters. The van der Waals surface area contributed by atoms with Crippen molar-refractivity contribution in [2.24, 2.45) is 0 Å². The van der Waals surface area contributed by atoms with Gasteiger partial charge >= 0.3 is 5.97 Å². The number of sulfonamides is 1. The molecule has 0 saturated carbocycles. The normalized spacial score (nSPS) is 12.2. The maximum atomic E-state index is 12.4. The fraction of sp³-hybridized carbons (Fsp3) is 0.286. The summed E-state index contributed by atoms with van der Waals surface area (Å²) in [5, 5.41) is 5.17. The first-order chi connectivity index (χ1) is 14.9. The number of rotatable bonds is 8. The van der Waals surface area contributed by atoms with Crippen molar-refractivity contribution in [1.29, 1.82) is 0 Å². The van der Waals surface area contributed by atoms with Crippen LogP contribution < -0.4 is 10.6 Å². The monoisotopic (exact) mass is 481 g/mol. The number of ether oxygens (including phenoxy) is 1. The minimum Gasteiger partial charge on any atom is -0.454 e. The third-order valence-electron chi connectivity index (χ3n) is 4.40. The van der Waals surface area contributed by atoms with Crippen LogP contribution >= 0.6 is 11.6 Å². The number of benzene rings is 2. The largest absolute Gasteiger partial charge is 0.454 e. The molecule has 32 heavy (non-hydrogen) atoms. The van der Waals surface area contributed by atoms with Gasteiger partial charge in [0.15, 0.2) is 6.61 Å². The second-order valence-electron chi connectivity index (χ2n) is 7.10. The summed E-state index contributed by atoms with van der Waals surface area (Å²) >= 11 is 5.96. The average Bonchev–Trinajstić information content (AvgIpc) is 2.73. The zero-order chi connectivity index (χ0) is 24.1. The molecule has 2 rings (SSSR count). The molecule has 0 fully saturated rings. The van der Waals surface area contributed by atoms with E-state index in [4.69, 9.17) is 16.3 Å². The van der Waals surface area contributed by atoms with Crippen molar-refractivity contribution in [2.45, 2.75) is 24.8 Å². The number of nitrogens with one attached hydrogen (secondary N) is 2. The number of amides is 2. The van der Waals surface area contributed by atoms with Crippen molar-refractivity contribution in [3.63, 3.8) is 0 Å². The highest BCUT2D eigenvalue weighted by Gasteiger charge is 2.22. The fourth-order valence-electron chi connectivity index (χ4n) is 2.59. The molecule has 0 aliphatic heterocycles. The lowest BCUT2D eigenvalue weighted by Gasteiger charge is -2.16. The zero-order valence-electron chi connectivity index (χ0n) is 18.0. The molecule has 0 spiro atoms. The molecular weight excluding hydrogens is 458 g/mol. The molecule has 2 amide bonds. The van der Waals surface area contributed by atoms with Crippen molar-refractivity contribution >= 4 is 45.1 Å². The number of halogens is 1. The summed E-state index contributed by atoms with van der Waals surface area (Å²) < 4.78 is 30.8. The SMILES string of the molecule is Cc1ccc(NC(=O)COC(=O)[C@H](C)NC(=O)c2ccccc2Cl)cc1S(=O)(=O)N(C)C. The molecule has 2 N–H and O–H groups in total. The summed E-state index contributed by atoms with van der Waals surface area (Å²) in [6.45, 7) is 2.43. The third-order valence-corrected chi connectivity index (χ3v) is 6.68. The Morgan fingerprint density at radius 1 is 1.12 bits per heavy atom. The lowest BCUT2D eigenvalue weighted by Crippen LogP contribution is -2.40. The van der Waals surface area contributed by atoms with Gasteiger partial charge in [-0.05, 0) is 43.7 Å². The third kappa shape index (κ3) is 6.28. The second kappa shape index (κ2) is 10.6. The van der Waals surface area contributed by atoms with E-state index in [1.54, 1.807) is 31.2 Å². The van der Waals surface area contributed by atoms with E-state index in [-0.39, 0.29) is 21.2 Å². The topological polar surface area (TPSA) is 122 Å². The Morgan fingerprint density at radius 2 is 1.78 bits per heavy atom. The van der Waals surface area contributed by atoms with Gasteiger partial charge in [-0.3, -0.25) is 9.59 Å². The van der Waals surface area contributed by atoms with E-state index in [0.717, 1.165) is 4.31 Å². The van der Waals surface area contributed by atoms with Crippen LogP contribution in [0.25, 0.3) is 0 Å². The number of hydrogen-bond donors (Lipinski definition) is 2. The van der Waals surface area contributed by atoms with Gasteiger partial charge in [0, 0.05) is 19.8 Å². The van der Waals surface area contributed by atoms with Gasteiger partial charge in [-0.1, -0.05) is 29.8 Å². The van der Waals surface area contributed by atoms with Crippen molar-refractivity contribution in [2.75, 3.05) is 26.0 Å². The first kappa shape index (κ1) is 25.3. The van der Waals surface area contributed by atoms with Crippen LogP contribution in [0.2, 0.25) is 5.02 Å². The highest BCUT2D eigenvalue weighted by Crippen LogP contribution is 2.22. The molecule has 1 atom stereocenters. The molecule has 2 aromatic rings. The molecule has 0 aliphatic carbocycles. The van der Waals surface area contributed by atoms with Crippen LogP contribution in [-0.4, -0.2) is 57.3 Å². The summed E-state index contributed by atoms with van der Waals surface area (Å²) in [6.07, 6.45) is 0. The Hall–Kier alpha value is -2.95. The second-order valence-corrected chi connectivity index (χ2v) is 9.63. The van der Waals surface area contributed by atoms with E-state index in [2.05, 4.69) is 10.6 Å². The number of aryl methyl sites for hydroxylation is 1. The van der Waals surface area contributed by atoms with Crippen LogP contribution in [0.1, 0.15) is 22.8 Å². The van der Waals surface area contributed by atoms with Gasteiger partial charge in [0.25, 0.3) is 11.8 Å². The van der Waals surface area contributed by atoms with Crippen LogP contribution in [0.4, 0.5) is 5.69 Å². The van der Waals surface area contributed by atoms with Crippen molar-refractivity contribution in [3.05, 3.63) is 58.6 Å². The molecule has 0 radical (unpaired) electrons. The minimum atomic E-state index is -3.69. The van der Waals surface area contributed by atoms with Gasteiger partial charge in [0.05, 0.1) is 15.5 Å². The number of esters is 1. The summed E-state index contributed by atoms with van der Waals surface area (Å²) in [4.78, 5) is 36.5. The minimum absolute atomic E-state index is 0.0493. The van der Waals surface area contributed by atoms with Crippen LogP contribution in [0, 0.1) is 6.92 Å². The number of anilines is 1. The standard InChI is InChI=1S/C21H24ClN3O6S/c1-13-9-10-15(11-18(13)32(29,30)25(3)4)24-19(26)12-31-21(28)14(2)23-20(27)16-7-5-6-8-17(16)22/h5-11,14H,12H2,1-4H3,(H,23,27)(H,24,26)/t14-/m0/s1. The fourth-order valence-corrected chi connectivity index (χ4v) is 3.96. The van der Waals surface area contributed by atoms with Gasteiger partial charge in [-0.2, -0.15) is 0 Å². The number of nitrogens with zero attached hydrogens (tertiary/aromatic N) is 1. The van der Waals surface area contributed by atoms with E-state index < -0.39 is 40.5 Å². The van der Waals surface area contributed by atoms with E-state index in [0.29, 0.717) is 5.56 Å². The van der Waals surface area contributed by atoms with Gasteiger partial charge < -0.3 is 15.4 Å². The number of hydrogen-bond acceptors (Lipinski definition) is 6. The van der Waals surface area contributed by atoms with Crippen molar-refractivity contribution in [3.8, 4) is 0 Å². The Morgan fingerprint density at radius 3 is 2.41 bits per heavy atom. The van der Waals surface area contributed by atoms with E-state index in [9.17, 15) is 22.8 Å². The number of carbonyl (C=O) groups excluding carboxylic acids is 3. The van der Waals surface area contributed by atoms with Crippen LogP contribution in [0.15, 0.2) is 47.4 Å². The molecule has 11 heteroatoms. The Balaban J connectivity index is 1.95. The van der Waals surface area contributed by atoms with Gasteiger partial charge in [0.2, 0.25) is 10.0 Å². The summed E-state index contributed by atoms with van der Waals surface area (Å²) in [7, 11) is -0.878. The average molecular weight is 482 g/mol. The molecule has 9 nitrogen and oxygen atoms in total. The van der Waals surface area contributed by atoms with Gasteiger partial charge in [0.1, 0.15) is 6.04 Å². The van der Waals surface area contributed by atoms with Gasteiger partial charge in [-0.15, -0.1) is 0 Å². The first-order valence-corrected chi connectivity index (χ1v) is 11.3. The van der Waals surface area contributed by atoms with Crippen LogP contribution in [0.5, 0.6) is 0 Å². The molecule has 0 bridgehead atoms. The molecule has 172 valence electrons. The smallest absolute Gasteiger partial charge is 0.328 e.